The number of ether oxygens (including phenoxy) is 1. The SMILES string of the molecule is CC(=O)Oc1c(F)cc(Br)cc1Cl. The molecule has 0 radical (unpaired) electrons. The molecule has 1 aromatic rings. The van der Waals surface area contributed by atoms with Gasteiger partial charge in [-0.05, 0) is 12.1 Å². The second kappa shape index (κ2) is 4.07. The molecule has 0 unspecified atom stereocenters. The van der Waals surface area contributed by atoms with Crippen molar-refractivity contribution in [1.82, 2.24) is 0 Å². The zero-order valence-electron chi connectivity index (χ0n) is 6.61. The Morgan fingerprint density at radius 2 is 2.23 bits per heavy atom. The van der Waals surface area contributed by atoms with E-state index in [1.165, 1.54) is 19.1 Å². The molecule has 0 aromatic heterocycles. The van der Waals surface area contributed by atoms with Gasteiger partial charge in [0, 0.05) is 11.4 Å². The molecule has 0 heterocycles. The fourth-order valence-electron chi connectivity index (χ4n) is 0.770. The molecule has 0 fully saturated rings. The van der Waals surface area contributed by atoms with Crippen molar-refractivity contribution in [2.45, 2.75) is 6.92 Å². The summed E-state index contributed by atoms with van der Waals surface area (Å²) in [5.41, 5.74) is 0. The normalized spacial score (nSPS) is 9.85. The molecule has 0 aliphatic heterocycles. The van der Waals surface area contributed by atoms with E-state index in [0.29, 0.717) is 4.47 Å². The van der Waals surface area contributed by atoms with Gasteiger partial charge < -0.3 is 4.74 Å². The Morgan fingerprint density at radius 3 is 2.69 bits per heavy atom. The van der Waals surface area contributed by atoms with E-state index in [9.17, 15) is 9.18 Å². The fraction of sp³-hybridized carbons (Fsp3) is 0.125. The lowest BCUT2D eigenvalue weighted by Gasteiger charge is -2.05. The standard InChI is InChI=1S/C8H5BrClFO2/c1-4(12)13-8-6(10)2-5(9)3-7(8)11/h2-3H,1H3. The number of rotatable bonds is 1. The zero-order chi connectivity index (χ0) is 10.0. The summed E-state index contributed by atoms with van der Waals surface area (Å²) in [5.74, 6) is -1.52. The molecule has 0 atom stereocenters. The van der Waals surface area contributed by atoms with Crippen LogP contribution < -0.4 is 4.74 Å². The van der Waals surface area contributed by atoms with E-state index >= 15 is 0 Å². The van der Waals surface area contributed by atoms with Crippen LogP contribution in [0.4, 0.5) is 4.39 Å². The van der Waals surface area contributed by atoms with Crippen molar-refractivity contribution in [3.8, 4) is 5.75 Å². The average molecular weight is 267 g/mol. The van der Waals surface area contributed by atoms with Crippen molar-refractivity contribution in [3.05, 3.63) is 27.4 Å². The number of hydrogen-bond acceptors (Lipinski definition) is 2. The Bertz CT molecular complexity index is 331. The number of benzene rings is 1. The maximum atomic E-state index is 13.1. The zero-order valence-corrected chi connectivity index (χ0v) is 8.95. The highest BCUT2D eigenvalue weighted by Crippen LogP contribution is 2.31. The highest BCUT2D eigenvalue weighted by Gasteiger charge is 2.11. The lowest BCUT2D eigenvalue weighted by molar-refractivity contribution is -0.132. The smallest absolute Gasteiger partial charge is 0.308 e. The average Bonchev–Trinajstić information content (AvgIpc) is 1.96. The maximum Gasteiger partial charge on any atom is 0.308 e. The van der Waals surface area contributed by atoms with Gasteiger partial charge in [-0.2, -0.15) is 0 Å². The molecule has 2 nitrogen and oxygen atoms in total. The van der Waals surface area contributed by atoms with Gasteiger partial charge in [0.05, 0.1) is 5.02 Å². The van der Waals surface area contributed by atoms with Gasteiger partial charge in [-0.25, -0.2) is 4.39 Å². The van der Waals surface area contributed by atoms with Crippen molar-refractivity contribution >= 4 is 33.5 Å². The fourth-order valence-corrected chi connectivity index (χ4v) is 1.58. The van der Waals surface area contributed by atoms with Crippen LogP contribution in [0.3, 0.4) is 0 Å². The van der Waals surface area contributed by atoms with Crippen LogP contribution in [0.2, 0.25) is 5.02 Å². The Morgan fingerprint density at radius 1 is 1.62 bits per heavy atom. The summed E-state index contributed by atoms with van der Waals surface area (Å²) in [6, 6.07) is 2.62. The third-order valence-electron chi connectivity index (χ3n) is 1.21. The quantitative estimate of drug-likeness (QED) is 0.577. The molecule has 13 heavy (non-hydrogen) atoms. The van der Waals surface area contributed by atoms with Gasteiger partial charge in [0.25, 0.3) is 0 Å². The van der Waals surface area contributed by atoms with Crippen molar-refractivity contribution in [2.75, 3.05) is 0 Å². The highest BCUT2D eigenvalue weighted by atomic mass is 79.9. The summed E-state index contributed by atoms with van der Waals surface area (Å²) in [6.45, 7) is 1.18. The monoisotopic (exact) mass is 266 g/mol. The predicted octanol–water partition coefficient (Wildman–Crippen LogP) is 3.17. The number of carbonyl (C=O) groups is 1. The largest absolute Gasteiger partial charge is 0.422 e. The van der Waals surface area contributed by atoms with E-state index < -0.39 is 11.8 Å². The van der Waals surface area contributed by atoms with Crippen LogP contribution >= 0.6 is 27.5 Å². The molecular formula is C8H5BrClFO2. The van der Waals surface area contributed by atoms with E-state index in [1.54, 1.807) is 0 Å². The van der Waals surface area contributed by atoms with Crippen molar-refractivity contribution in [1.29, 1.82) is 0 Å². The second-order valence-corrected chi connectivity index (χ2v) is 3.62. The number of esters is 1. The molecule has 0 N–H and O–H groups in total. The molecule has 0 saturated heterocycles. The first kappa shape index (κ1) is 10.5. The van der Waals surface area contributed by atoms with Gasteiger partial charge >= 0.3 is 5.97 Å². The molecule has 1 aromatic carbocycles. The van der Waals surface area contributed by atoms with Crippen LogP contribution in [0, 0.1) is 5.82 Å². The van der Waals surface area contributed by atoms with Gasteiger partial charge in [0.1, 0.15) is 0 Å². The minimum absolute atomic E-state index is 0.0575. The van der Waals surface area contributed by atoms with Crippen molar-refractivity contribution in [2.24, 2.45) is 0 Å². The summed E-state index contributed by atoms with van der Waals surface area (Å²) in [6.07, 6.45) is 0. The van der Waals surface area contributed by atoms with Crippen molar-refractivity contribution in [3.63, 3.8) is 0 Å². The summed E-state index contributed by atoms with van der Waals surface area (Å²) in [5, 5.41) is 0.0575. The van der Waals surface area contributed by atoms with Crippen LogP contribution in [0.5, 0.6) is 5.75 Å². The topological polar surface area (TPSA) is 26.3 Å². The Balaban J connectivity index is 3.13. The van der Waals surface area contributed by atoms with Crippen LogP contribution in [0.15, 0.2) is 16.6 Å². The van der Waals surface area contributed by atoms with E-state index in [-0.39, 0.29) is 10.8 Å². The van der Waals surface area contributed by atoms with Crippen LogP contribution in [0.25, 0.3) is 0 Å². The maximum absolute atomic E-state index is 13.1. The van der Waals surface area contributed by atoms with Gasteiger partial charge in [-0.1, -0.05) is 27.5 Å². The minimum Gasteiger partial charge on any atom is -0.422 e. The van der Waals surface area contributed by atoms with Crippen LogP contribution in [-0.2, 0) is 4.79 Å². The number of halogens is 3. The third-order valence-corrected chi connectivity index (χ3v) is 1.95. The number of hydrogen-bond donors (Lipinski definition) is 0. The molecule has 0 amide bonds. The first-order valence-corrected chi connectivity index (χ1v) is 4.50. The van der Waals surface area contributed by atoms with E-state index in [0.717, 1.165) is 0 Å². The van der Waals surface area contributed by atoms with E-state index in [4.69, 9.17) is 11.6 Å². The second-order valence-electron chi connectivity index (χ2n) is 2.29. The summed E-state index contributed by atoms with van der Waals surface area (Å²) in [4.78, 5) is 10.5. The molecule has 1 rings (SSSR count). The Hall–Kier alpha value is -0.610. The Labute approximate surface area is 87.8 Å². The van der Waals surface area contributed by atoms with Gasteiger partial charge in [-0.3, -0.25) is 4.79 Å². The predicted molar refractivity (Wildman–Crippen MR) is 50.4 cm³/mol. The van der Waals surface area contributed by atoms with Crippen molar-refractivity contribution < 1.29 is 13.9 Å². The molecule has 0 aliphatic carbocycles. The Kier molecular flexibility index (Phi) is 3.27. The number of carbonyl (C=O) groups excluding carboxylic acids is 1. The van der Waals surface area contributed by atoms with Crippen LogP contribution in [-0.4, -0.2) is 5.97 Å². The third kappa shape index (κ3) is 2.67. The molecule has 5 heteroatoms. The molecule has 0 saturated carbocycles. The first-order valence-electron chi connectivity index (χ1n) is 3.33. The summed E-state index contributed by atoms with van der Waals surface area (Å²) >= 11 is 8.68. The van der Waals surface area contributed by atoms with E-state index in [1.807, 2.05) is 0 Å². The highest BCUT2D eigenvalue weighted by molar-refractivity contribution is 9.10. The lowest BCUT2D eigenvalue weighted by Crippen LogP contribution is -2.03. The minimum atomic E-state index is -0.672. The molecule has 0 spiro atoms. The van der Waals surface area contributed by atoms with Gasteiger partial charge in [0.2, 0.25) is 0 Å². The van der Waals surface area contributed by atoms with E-state index in [2.05, 4.69) is 20.7 Å². The first-order chi connectivity index (χ1) is 6.00. The van der Waals surface area contributed by atoms with Crippen LogP contribution in [0.1, 0.15) is 6.92 Å². The lowest BCUT2D eigenvalue weighted by atomic mass is 10.3. The summed E-state index contributed by atoms with van der Waals surface area (Å²) in [7, 11) is 0. The van der Waals surface area contributed by atoms with Gasteiger partial charge in [-0.15, -0.1) is 0 Å². The van der Waals surface area contributed by atoms with Gasteiger partial charge in [0.15, 0.2) is 11.6 Å². The molecule has 0 aliphatic rings. The molecular weight excluding hydrogens is 262 g/mol. The summed E-state index contributed by atoms with van der Waals surface area (Å²) < 4.78 is 18.1. The molecule has 70 valence electrons. The molecule has 0 bridgehead atoms.